The number of hydrogen-bond acceptors (Lipinski definition) is 2. The van der Waals surface area contributed by atoms with Crippen molar-refractivity contribution in [1.82, 2.24) is 0 Å². The van der Waals surface area contributed by atoms with Crippen LogP contribution >= 0.6 is 11.6 Å². The molecule has 0 aliphatic heterocycles. The van der Waals surface area contributed by atoms with E-state index in [2.05, 4.69) is 13.8 Å². The van der Waals surface area contributed by atoms with Crippen molar-refractivity contribution >= 4 is 11.6 Å². The van der Waals surface area contributed by atoms with Gasteiger partial charge in [-0.05, 0) is 30.0 Å². The molecule has 0 aliphatic rings. The van der Waals surface area contributed by atoms with Crippen LogP contribution in [0.15, 0.2) is 24.3 Å². The summed E-state index contributed by atoms with van der Waals surface area (Å²) in [6, 6.07) is 7.81. The highest BCUT2D eigenvalue weighted by Gasteiger charge is 2.05. The molecule has 0 aromatic heterocycles. The summed E-state index contributed by atoms with van der Waals surface area (Å²) in [6.45, 7) is 5.54. The molecular formula is C13H20ClNO. The molecule has 0 radical (unpaired) electrons. The molecule has 2 nitrogen and oxygen atoms in total. The molecule has 0 aliphatic carbocycles. The summed E-state index contributed by atoms with van der Waals surface area (Å²) in [5.41, 5.74) is 7.04. The Morgan fingerprint density at radius 2 is 1.88 bits per heavy atom. The van der Waals surface area contributed by atoms with Crippen LogP contribution in [0, 0.1) is 5.92 Å². The smallest absolute Gasteiger partial charge is 0.0717 e. The number of nitrogens with two attached hydrogens (primary N) is 1. The fraction of sp³-hybridized carbons (Fsp3) is 0.538. The zero-order valence-corrected chi connectivity index (χ0v) is 10.7. The van der Waals surface area contributed by atoms with E-state index in [1.807, 2.05) is 24.3 Å². The van der Waals surface area contributed by atoms with Gasteiger partial charge in [-0.25, -0.2) is 0 Å². The van der Waals surface area contributed by atoms with E-state index in [4.69, 9.17) is 22.1 Å². The van der Waals surface area contributed by atoms with Gasteiger partial charge in [-0.1, -0.05) is 37.6 Å². The van der Waals surface area contributed by atoms with Crippen LogP contribution in [0.5, 0.6) is 0 Å². The van der Waals surface area contributed by atoms with Gasteiger partial charge in [-0.2, -0.15) is 0 Å². The molecule has 1 unspecified atom stereocenters. The molecule has 90 valence electrons. The molecule has 16 heavy (non-hydrogen) atoms. The highest BCUT2D eigenvalue weighted by molar-refractivity contribution is 6.30. The second-order valence-corrected chi connectivity index (χ2v) is 4.97. The first-order valence-corrected chi connectivity index (χ1v) is 6.03. The van der Waals surface area contributed by atoms with Crippen LogP contribution in [-0.2, 0) is 11.3 Å². The first-order chi connectivity index (χ1) is 7.58. The molecule has 1 aromatic carbocycles. The topological polar surface area (TPSA) is 35.2 Å². The maximum Gasteiger partial charge on any atom is 0.0717 e. The largest absolute Gasteiger partial charge is 0.375 e. The number of halogens is 1. The normalized spacial score (nSPS) is 13.1. The summed E-state index contributed by atoms with van der Waals surface area (Å²) < 4.78 is 5.55. The molecule has 1 atom stereocenters. The van der Waals surface area contributed by atoms with E-state index in [1.165, 1.54) is 0 Å². The molecule has 0 saturated carbocycles. The lowest BCUT2D eigenvalue weighted by molar-refractivity contribution is 0.103. The standard InChI is InChI=1S/C13H20ClNO/c1-10(2)7-13(15)9-16-8-11-3-5-12(14)6-4-11/h3-6,10,13H,7-9,15H2,1-2H3. The highest BCUT2D eigenvalue weighted by Crippen LogP contribution is 2.10. The summed E-state index contributed by atoms with van der Waals surface area (Å²) in [7, 11) is 0. The quantitative estimate of drug-likeness (QED) is 0.830. The van der Waals surface area contributed by atoms with E-state index in [1.54, 1.807) is 0 Å². The first-order valence-electron chi connectivity index (χ1n) is 5.65. The van der Waals surface area contributed by atoms with E-state index in [0.29, 0.717) is 19.1 Å². The molecule has 0 amide bonds. The highest BCUT2D eigenvalue weighted by atomic mass is 35.5. The predicted octanol–water partition coefficient (Wildman–Crippen LogP) is 3.23. The van der Waals surface area contributed by atoms with E-state index in [-0.39, 0.29) is 6.04 Å². The Bertz CT molecular complexity index is 297. The monoisotopic (exact) mass is 241 g/mol. The van der Waals surface area contributed by atoms with E-state index in [9.17, 15) is 0 Å². The zero-order chi connectivity index (χ0) is 12.0. The lowest BCUT2D eigenvalue weighted by atomic mass is 10.1. The second kappa shape index (κ2) is 6.89. The van der Waals surface area contributed by atoms with Crippen molar-refractivity contribution < 1.29 is 4.74 Å². The summed E-state index contributed by atoms with van der Waals surface area (Å²) >= 11 is 5.79. The fourth-order valence-electron chi connectivity index (χ4n) is 1.58. The van der Waals surface area contributed by atoms with Gasteiger partial charge < -0.3 is 10.5 Å². The minimum atomic E-state index is 0.132. The second-order valence-electron chi connectivity index (χ2n) is 4.53. The van der Waals surface area contributed by atoms with E-state index >= 15 is 0 Å². The third kappa shape index (κ3) is 5.50. The fourth-order valence-corrected chi connectivity index (χ4v) is 1.71. The Kier molecular flexibility index (Phi) is 5.81. The lowest BCUT2D eigenvalue weighted by Crippen LogP contribution is -2.27. The third-order valence-electron chi connectivity index (χ3n) is 2.29. The van der Waals surface area contributed by atoms with Gasteiger partial charge in [0.15, 0.2) is 0 Å². The maximum absolute atomic E-state index is 5.92. The van der Waals surface area contributed by atoms with Crippen molar-refractivity contribution in [2.24, 2.45) is 11.7 Å². The number of rotatable bonds is 6. The van der Waals surface area contributed by atoms with Crippen LogP contribution in [0.2, 0.25) is 5.02 Å². The van der Waals surface area contributed by atoms with E-state index in [0.717, 1.165) is 17.0 Å². The van der Waals surface area contributed by atoms with Gasteiger partial charge in [0.2, 0.25) is 0 Å². The van der Waals surface area contributed by atoms with Crippen LogP contribution in [0.25, 0.3) is 0 Å². The van der Waals surface area contributed by atoms with Crippen LogP contribution in [0.3, 0.4) is 0 Å². The van der Waals surface area contributed by atoms with Gasteiger partial charge in [0, 0.05) is 11.1 Å². The molecule has 0 saturated heterocycles. The van der Waals surface area contributed by atoms with Gasteiger partial charge >= 0.3 is 0 Å². The van der Waals surface area contributed by atoms with Crippen LogP contribution in [-0.4, -0.2) is 12.6 Å². The van der Waals surface area contributed by atoms with Crippen molar-refractivity contribution in [2.45, 2.75) is 32.9 Å². The Hall–Kier alpha value is -0.570. The maximum atomic E-state index is 5.92. The Morgan fingerprint density at radius 3 is 2.44 bits per heavy atom. The van der Waals surface area contributed by atoms with Crippen molar-refractivity contribution in [2.75, 3.05) is 6.61 Å². The number of hydrogen-bond donors (Lipinski definition) is 1. The van der Waals surface area contributed by atoms with Gasteiger partial charge in [0.1, 0.15) is 0 Å². The van der Waals surface area contributed by atoms with Gasteiger partial charge in [0.05, 0.1) is 13.2 Å². The number of ether oxygens (including phenoxy) is 1. The zero-order valence-electron chi connectivity index (χ0n) is 9.95. The molecule has 0 bridgehead atoms. The number of benzene rings is 1. The molecule has 1 rings (SSSR count). The van der Waals surface area contributed by atoms with Gasteiger partial charge in [-0.15, -0.1) is 0 Å². The van der Waals surface area contributed by atoms with Crippen molar-refractivity contribution in [1.29, 1.82) is 0 Å². The Labute approximate surface area is 103 Å². The minimum Gasteiger partial charge on any atom is -0.375 e. The minimum absolute atomic E-state index is 0.132. The van der Waals surface area contributed by atoms with Crippen molar-refractivity contribution in [3.63, 3.8) is 0 Å². The van der Waals surface area contributed by atoms with Crippen molar-refractivity contribution in [3.8, 4) is 0 Å². The Morgan fingerprint density at radius 1 is 1.25 bits per heavy atom. The third-order valence-corrected chi connectivity index (χ3v) is 2.54. The summed E-state index contributed by atoms with van der Waals surface area (Å²) in [4.78, 5) is 0. The van der Waals surface area contributed by atoms with Crippen LogP contribution in [0.4, 0.5) is 0 Å². The van der Waals surface area contributed by atoms with E-state index < -0.39 is 0 Å². The lowest BCUT2D eigenvalue weighted by Gasteiger charge is -2.14. The molecule has 2 N–H and O–H groups in total. The van der Waals surface area contributed by atoms with Gasteiger partial charge in [0.25, 0.3) is 0 Å². The first kappa shape index (κ1) is 13.5. The van der Waals surface area contributed by atoms with Crippen LogP contribution in [0.1, 0.15) is 25.8 Å². The molecule has 0 heterocycles. The van der Waals surface area contributed by atoms with Crippen LogP contribution < -0.4 is 5.73 Å². The average Bonchev–Trinajstić information content (AvgIpc) is 2.20. The SMILES string of the molecule is CC(C)CC(N)COCc1ccc(Cl)cc1. The van der Waals surface area contributed by atoms with Crippen molar-refractivity contribution in [3.05, 3.63) is 34.9 Å². The summed E-state index contributed by atoms with van der Waals surface area (Å²) in [5, 5.41) is 0.750. The molecule has 3 heteroatoms. The molecule has 0 fully saturated rings. The molecular weight excluding hydrogens is 222 g/mol. The summed E-state index contributed by atoms with van der Waals surface area (Å²) in [6.07, 6.45) is 1.00. The molecule has 1 aromatic rings. The van der Waals surface area contributed by atoms with Gasteiger partial charge in [-0.3, -0.25) is 0 Å². The predicted molar refractivity (Wildman–Crippen MR) is 68.5 cm³/mol. The average molecular weight is 242 g/mol. The summed E-state index contributed by atoms with van der Waals surface area (Å²) in [5.74, 6) is 0.620. The Balaban J connectivity index is 2.22. The molecule has 0 spiro atoms.